The third-order valence-corrected chi connectivity index (χ3v) is 26.9. The zero-order valence-electron chi connectivity index (χ0n) is 39.3. The minimum Gasteiger partial charge on any atom is -0.455 e. The summed E-state index contributed by atoms with van der Waals surface area (Å²) in [7, 11) is -6.56. The second-order valence-corrected chi connectivity index (χ2v) is 31.9. The highest BCUT2D eigenvalue weighted by Crippen LogP contribution is 2.68. The number of fused-ring (bicyclic) bond motifs is 8. The van der Waals surface area contributed by atoms with Crippen LogP contribution in [0.15, 0.2) is 54.1 Å². The molecule has 5 fully saturated rings. The van der Waals surface area contributed by atoms with Crippen LogP contribution >= 0.6 is 0 Å². The first-order chi connectivity index (χ1) is 28.9. The molecule has 2 bridgehead atoms. The Morgan fingerprint density at radius 1 is 0.902 bits per heavy atom. The maximum Gasteiger partial charge on any atom is 0.338 e. The largest absolute Gasteiger partial charge is 0.455 e. The molecule has 0 spiro atoms. The van der Waals surface area contributed by atoms with Gasteiger partial charge in [0.15, 0.2) is 37.6 Å². The number of rotatable bonds is 17. The molecule has 61 heavy (non-hydrogen) atoms. The zero-order valence-corrected chi connectivity index (χ0v) is 42.5. The van der Waals surface area contributed by atoms with Crippen molar-refractivity contribution in [2.75, 3.05) is 6.61 Å². The molecule has 4 aliphatic carbocycles. The predicted octanol–water partition coefficient (Wildman–Crippen LogP) is 9.90. The highest BCUT2D eigenvalue weighted by Gasteiger charge is 2.80. The van der Waals surface area contributed by atoms with Crippen LogP contribution < -0.4 is 0 Å². The zero-order chi connectivity index (χ0) is 44.3. The van der Waals surface area contributed by atoms with Crippen LogP contribution in [0.25, 0.3) is 0 Å². The minimum absolute atomic E-state index is 0.163. The summed E-state index contributed by atoms with van der Waals surface area (Å²) in [5.74, 6) is -1.52. The number of hydrogen-bond acceptors (Lipinski definition) is 10. The van der Waals surface area contributed by atoms with Crippen LogP contribution in [0.4, 0.5) is 0 Å². The van der Waals surface area contributed by atoms with E-state index in [9.17, 15) is 4.79 Å². The lowest BCUT2D eigenvalue weighted by Gasteiger charge is -2.71. The van der Waals surface area contributed by atoms with Crippen molar-refractivity contribution in [3.8, 4) is 0 Å². The third-order valence-electron chi connectivity index (χ3n) is 16.7. The van der Waals surface area contributed by atoms with Crippen LogP contribution in [-0.2, 0) is 41.8 Å². The van der Waals surface area contributed by atoms with Gasteiger partial charge >= 0.3 is 11.9 Å². The molecule has 2 heterocycles. The van der Waals surface area contributed by atoms with Gasteiger partial charge in [0, 0.05) is 23.7 Å². The van der Waals surface area contributed by atoms with Gasteiger partial charge in [-0.15, -0.1) is 0 Å². The van der Waals surface area contributed by atoms with E-state index >= 15 is 4.79 Å². The average Bonchev–Trinajstić information content (AvgIpc) is 4.02. The van der Waals surface area contributed by atoms with Gasteiger partial charge in [-0.25, -0.2) is 4.79 Å². The Bertz CT molecular complexity index is 1790. The van der Waals surface area contributed by atoms with Gasteiger partial charge in [-0.2, -0.15) is 0 Å². The summed E-state index contributed by atoms with van der Waals surface area (Å²) in [6, 6.07) is 15.0. The second kappa shape index (κ2) is 17.5. The molecular weight excluding hydrogens is 821 g/mol. The fourth-order valence-electron chi connectivity index (χ4n) is 12.5. The van der Waals surface area contributed by atoms with E-state index in [2.05, 4.69) is 88.9 Å². The quantitative estimate of drug-likeness (QED) is 0.0852. The van der Waals surface area contributed by atoms with Crippen molar-refractivity contribution >= 4 is 37.6 Å². The number of benzene rings is 1. The molecule has 2 saturated heterocycles. The Morgan fingerprint density at radius 3 is 2.03 bits per heavy atom. The van der Waals surface area contributed by atoms with E-state index in [-0.39, 0.29) is 24.6 Å². The van der Waals surface area contributed by atoms with Crippen LogP contribution in [0.5, 0.6) is 0 Å². The number of ether oxygens (including phenoxy) is 5. The van der Waals surface area contributed by atoms with E-state index < -0.39 is 96.4 Å². The summed E-state index contributed by atoms with van der Waals surface area (Å²) in [6.45, 7) is 31.3. The highest BCUT2D eigenvalue weighted by molar-refractivity contribution is 6.74. The molecule has 0 amide bonds. The summed E-state index contributed by atoms with van der Waals surface area (Å²) < 4.78 is 58.6. The van der Waals surface area contributed by atoms with Crippen molar-refractivity contribution < 1.29 is 46.6 Å². The molecule has 13 heteroatoms. The molecule has 10 nitrogen and oxygen atoms in total. The van der Waals surface area contributed by atoms with Gasteiger partial charge in [-0.1, -0.05) is 87.1 Å². The average molecular weight is 897 g/mol. The molecule has 0 aromatic heterocycles. The van der Waals surface area contributed by atoms with Gasteiger partial charge in [0.1, 0.15) is 23.9 Å². The van der Waals surface area contributed by atoms with Crippen molar-refractivity contribution in [2.45, 2.75) is 198 Å². The topological polar surface area (TPSA) is 108 Å². The fourth-order valence-corrected chi connectivity index (χ4v) is 19.7. The molecule has 340 valence electrons. The number of esters is 2. The maximum absolute atomic E-state index is 15.1. The standard InChI is InChI=1S/C48H76O10Si3/c1-14-37-52-39-38-31(8)34(56-60(15-2,16-3)17-4)29-48(45(38,9)10,58-59(12)13)42(54-43(49)32-24-22-21-23-25-32)40-46(11,41(39)53-37)35(57-61(18-5,19-6)20-7)28-36-47(40,30-51-36)55-44(50)33-26-27-33/h14,21-25,33-37,39-42,59H,1,15-20,26-30H2,2-13H3/t34-,35-,36+,37?,39+,40-,41+,42-,46+,47-,48+/m0/s1. The summed E-state index contributed by atoms with van der Waals surface area (Å²) in [5, 5.41) is 0. The molecule has 11 atom stereocenters. The van der Waals surface area contributed by atoms with Gasteiger partial charge in [-0.3, -0.25) is 4.79 Å². The fraction of sp³-hybridized carbons (Fsp3) is 0.750. The van der Waals surface area contributed by atoms with E-state index in [1.165, 1.54) is 0 Å². The lowest BCUT2D eigenvalue weighted by molar-refractivity contribution is -0.359. The molecule has 0 radical (unpaired) electrons. The van der Waals surface area contributed by atoms with Crippen LogP contribution in [0, 0.1) is 22.7 Å². The van der Waals surface area contributed by atoms with Crippen molar-refractivity contribution in [1.29, 1.82) is 0 Å². The van der Waals surface area contributed by atoms with Gasteiger partial charge < -0.3 is 37.0 Å². The first-order valence-electron chi connectivity index (χ1n) is 23.7. The smallest absolute Gasteiger partial charge is 0.338 e. The minimum atomic E-state index is -2.33. The summed E-state index contributed by atoms with van der Waals surface area (Å²) >= 11 is 0. The second-order valence-electron chi connectivity index (χ2n) is 20.1. The van der Waals surface area contributed by atoms with Crippen molar-refractivity contribution in [1.82, 2.24) is 0 Å². The Labute approximate surface area is 370 Å². The van der Waals surface area contributed by atoms with Crippen LogP contribution in [0.3, 0.4) is 0 Å². The maximum atomic E-state index is 15.1. The SMILES string of the molecule is C=CC1O[C@@H]2C3=C(C)[C@@H](O[Si](CC)(CC)CC)C[C@@](O[SiH](C)C)([C@@H](OC(=O)c4ccccc4)[C@@H]4[C@]5(OC(=O)C6CC6)CO[C@@H]5C[C@H](O[Si](CC)(CC)CC)[C@@]4(C)[C@@H]2O1)C3(C)C. The molecular formula is C48H76O10Si3. The summed E-state index contributed by atoms with van der Waals surface area (Å²) in [4.78, 5) is 29.4. The normalized spacial score (nSPS) is 36.8. The van der Waals surface area contributed by atoms with Crippen molar-refractivity contribution in [3.63, 3.8) is 0 Å². The molecule has 7 rings (SSSR count). The number of carbonyl (C=O) groups excluding carboxylic acids is 2. The van der Waals surface area contributed by atoms with Gasteiger partial charge in [0.25, 0.3) is 0 Å². The van der Waals surface area contributed by atoms with E-state index in [0.717, 1.165) is 60.3 Å². The lowest BCUT2D eigenvalue weighted by Crippen LogP contribution is -2.83. The van der Waals surface area contributed by atoms with E-state index in [1.54, 1.807) is 18.2 Å². The van der Waals surface area contributed by atoms with Crippen molar-refractivity contribution in [2.24, 2.45) is 22.7 Å². The van der Waals surface area contributed by atoms with Gasteiger partial charge in [0.2, 0.25) is 0 Å². The predicted molar refractivity (Wildman–Crippen MR) is 245 cm³/mol. The molecule has 3 saturated carbocycles. The molecule has 6 aliphatic rings. The van der Waals surface area contributed by atoms with Crippen LogP contribution in [-0.4, -0.2) is 98.3 Å². The first kappa shape index (κ1) is 47.0. The molecule has 2 aliphatic heterocycles. The van der Waals surface area contributed by atoms with Gasteiger partial charge in [-0.05, 0) is 98.5 Å². The number of carbonyl (C=O) groups is 2. The molecule has 1 unspecified atom stereocenters. The van der Waals surface area contributed by atoms with Crippen molar-refractivity contribution in [3.05, 3.63) is 59.7 Å². The van der Waals surface area contributed by atoms with E-state index in [1.807, 2.05) is 18.2 Å². The van der Waals surface area contributed by atoms with Crippen LogP contribution in [0.1, 0.15) is 105 Å². The van der Waals surface area contributed by atoms with Crippen LogP contribution in [0.2, 0.25) is 49.4 Å². The Kier molecular flexibility index (Phi) is 13.5. The van der Waals surface area contributed by atoms with Gasteiger partial charge in [0.05, 0.1) is 42.3 Å². The highest BCUT2D eigenvalue weighted by atomic mass is 28.4. The molecule has 0 N–H and O–H groups in total. The van der Waals surface area contributed by atoms with E-state index in [0.29, 0.717) is 18.4 Å². The lowest BCUT2D eigenvalue weighted by atomic mass is 9.44. The summed E-state index contributed by atoms with van der Waals surface area (Å²) in [6.07, 6.45) is 0.206. The molecule has 1 aromatic carbocycles. The molecule has 1 aromatic rings. The third kappa shape index (κ3) is 7.59. The monoisotopic (exact) mass is 896 g/mol. The first-order valence-corrected chi connectivity index (χ1v) is 31.6. The summed E-state index contributed by atoms with van der Waals surface area (Å²) in [5.41, 5.74) is -1.43. The Morgan fingerprint density at radius 2 is 1.51 bits per heavy atom. The Hall–Kier alpha value is -1.95. The Balaban J connectivity index is 1.59. The van der Waals surface area contributed by atoms with E-state index in [4.69, 9.17) is 37.0 Å². The number of hydrogen-bond donors (Lipinski definition) is 0.